The van der Waals surface area contributed by atoms with Gasteiger partial charge in [-0.25, -0.2) is 0 Å². The van der Waals surface area contributed by atoms with Crippen LogP contribution in [-0.4, -0.2) is 82.2 Å². The van der Waals surface area contributed by atoms with E-state index in [0.29, 0.717) is 50.5 Å². The molecule has 0 radical (unpaired) electrons. The number of amides is 3. The maximum Gasteiger partial charge on any atom is 0.249 e. The fourth-order valence-electron chi connectivity index (χ4n) is 7.62. The van der Waals surface area contributed by atoms with Crippen LogP contribution in [0.4, 0.5) is 5.69 Å². The number of carbonyl (C=O) groups excluding carboxylic acids is 3. The van der Waals surface area contributed by atoms with Crippen LogP contribution in [0.5, 0.6) is 5.75 Å². The first kappa shape index (κ1) is 30.1. The molecule has 0 saturated carbocycles. The normalized spacial score (nSPS) is 30.1. The maximum absolute atomic E-state index is 14.7. The predicted octanol–water partition coefficient (Wildman–Crippen LogP) is 3.72. The molecule has 0 aromatic heterocycles. The van der Waals surface area contributed by atoms with E-state index in [-0.39, 0.29) is 24.3 Å². The molecular weight excluding hydrogens is 558 g/mol. The van der Waals surface area contributed by atoms with Gasteiger partial charge in [-0.1, -0.05) is 68.5 Å². The van der Waals surface area contributed by atoms with Crippen LogP contribution in [-0.2, 0) is 25.7 Å². The minimum Gasteiger partial charge on any atom is -0.494 e. The van der Waals surface area contributed by atoms with E-state index in [1.54, 1.807) is 9.80 Å². The number of rotatable bonds is 9. The highest BCUT2D eigenvalue weighted by molar-refractivity contribution is 6.04. The van der Waals surface area contributed by atoms with Crippen molar-refractivity contribution in [1.82, 2.24) is 9.80 Å². The lowest BCUT2D eigenvalue weighted by Gasteiger charge is -2.40. The number of carbonyl (C=O) groups is 3. The molecule has 6 rings (SSSR count). The first-order valence-corrected chi connectivity index (χ1v) is 15.7. The monoisotopic (exact) mass is 599 g/mol. The summed E-state index contributed by atoms with van der Waals surface area (Å²) in [5, 5.41) is 10.4. The molecule has 1 N–H and O–H groups in total. The van der Waals surface area contributed by atoms with E-state index < -0.39 is 35.1 Å². The Hall–Kier alpha value is -3.95. The number of benzene rings is 2. The quantitative estimate of drug-likeness (QED) is 0.442. The molecule has 44 heavy (non-hydrogen) atoms. The van der Waals surface area contributed by atoms with Gasteiger partial charge in [0.2, 0.25) is 17.7 Å². The van der Waals surface area contributed by atoms with Crippen molar-refractivity contribution in [2.45, 2.75) is 63.4 Å². The smallest absolute Gasteiger partial charge is 0.249 e. The molecule has 4 aliphatic heterocycles. The van der Waals surface area contributed by atoms with Crippen molar-refractivity contribution in [3.8, 4) is 5.75 Å². The largest absolute Gasteiger partial charge is 0.494 e. The third-order valence-electron chi connectivity index (χ3n) is 9.71. The molecule has 9 heteroatoms. The minimum atomic E-state index is -1.37. The number of aliphatic hydroxyl groups is 1. The van der Waals surface area contributed by atoms with Crippen molar-refractivity contribution in [2.75, 3.05) is 31.2 Å². The molecule has 2 aromatic rings. The van der Waals surface area contributed by atoms with Crippen molar-refractivity contribution >= 4 is 23.4 Å². The molecule has 2 aromatic carbocycles. The first-order chi connectivity index (χ1) is 21.3. The molecule has 0 bridgehead atoms. The molecule has 3 amide bonds. The second kappa shape index (κ2) is 11.9. The molecule has 1 unspecified atom stereocenters. The molecule has 4 aliphatic rings. The summed E-state index contributed by atoms with van der Waals surface area (Å²) in [5.74, 6) is -1.89. The van der Waals surface area contributed by atoms with Crippen LogP contribution in [0, 0.1) is 11.8 Å². The maximum atomic E-state index is 14.7. The molecular formula is C35H41N3O6. The van der Waals surface area contributed by atoms with E-state index >= 15 is 0 Å². The molecule has 0 aliphatic carbocycles. The van der Waals surface area contributed by atoms with Crippen LogP contribution in [0.1, 0.15) is 39.2 Å². The van der Waals surface area contributed by atoms with E-state index in [2.05, 4.69) is 0 Å². The standard InChI is InChI=1S/C35H41N3O6/c1-4-25(23-39)38-30-33(42)36(22-24-12-8-7-9-13-24)20-11-19-35(30)29(32(38)41)28-31(40)37(21-10-18-34(28,5-2)44-35)26-14-16-27(17-15-26)43-6-3/h7-19,25,28-30,39H,4-6,20-23H2,1-3H3/t25-,28+,29-,30?,34-,35-/m0/s1. The Morgan fingerprint density at radius 3 is 2.30 bits per heavy atom. The lowest BCUT2D eigenvalue weighted by atomic mass is 9.73. The molecule has 2 fully saturated rings. The summed E-state index contributed by atoms with van der Waals surface area (Å²) in [6, 6.07) is 15.5. The molecule has 232 valence electrons. The summed E-state index contributed by atoms with van der Waals surface area (Å²) in [5.41, 5.74) is -0.788. The van der Waals surface area contributed by atoms with Crippen molar-refractivity contribution in [1.29, 1.82) is 0 Å². The Balaban J connectivity index is 1.45. The molecule has 6 atom stereocenters. The number of nitrogens with zero attached hydrogens (tertiary/aromatic N) is 3. The Kier molecular flexibility index (Phi) is 8.11. The Labute approximate surface area is 258 Å². The second-order valence-corrected chi connectivity index (χ2v) is 12.0. The van der Waals surface area contributed by atoms with Gasteiger partial charge in [-0.2, -0.15) is 0 Å². The molecule has 1 spiro atoms. The van der Waals surface area contributed by atoms with Gasteiger partial charge in [0.15, 0.2) is 0 Å². The predicted molar refractivity (Wildman–Crippen MR) is 166 cm³/mol. The zero-order chi connectivity index (χ0) is 31.1. The van der Waals surface area contributed by atoms with Gasteiger partial charge in [-0.05, 0) is 49.6 Å². The summed E-state index contributed by atoms with van der Waals surface area (Å²) in [6.45, 7) is 7.03. The zero-order valence-electron chi connectivity index (χ0n) is 25.6. The number of likely N-dealkylation sites (tertiary alicyclic amines) is 1. The molecule has 4 heterocycles. The summed E-state index contributed by atoms with van der Waals surface area (Å²) < 4.78 is 12.7. The van der Waals surface area contributed by atoms with E-state index in [4.69, 9.17) is 9.47 Å². The van der Waals surface area contributed by atoms with Crippen LogP contribution in [0.25, 0.3) is 0 Å². The van der Waals surface area contributed by atoms with Crippen LogP contribution in [0.3, 0.4) is 0 Å². The fourth-order valence-corrected chi connectivity index (χ4v) is 7.62. The van der Waals surface area contributed by atoms with Crippen molar-refractivity contribution in [2.24, 2.45) is 11.8 Å². The zero-order valence-corrected chi connectivity index (χ0v) is 25.6. The van der Waals surface area contributed by atoms with Crippen LogP contribution in [0.2, 0.25) is 0 Å². The lowest BCUT2D eigenvalue weighted by molar-refractivity contribution is -0.155. The number of hydrogen-bond acceptors (Lipinski definition) is 6. The van der Waals surface area contributed by atoms with Gasteiger partial charge in [0.1, 0.15) is 17.4 Å². The number of aliphatic hydroxyl groups excluding tert-OH is 1. The fraction of sp³-hybridized carbons (Fsp3) is 0.457. The molecule has 2 saturated heterocycles. The van der Waals surface area contributed by atoms with Crippen LogP contribution < -0.4 is 9.64 Å². The number of ether oxygens (including phenoxy) is 2. The molecule has 9 nitrogen and oxygen atoms in total. The third-order valence-corrected chi connectivity index (χ3v) is 9.71. The third kappa shape index (κ3) is 4.64. The summed E-state index contributed by atoms with van der Waals surface area (Å²) in [6.07, 6.45) is 8.52. The van der Waals surface area contributed by atoms with Gasteiger partial charge < -0.3 is 29.3 Å². The lowest BCUT2D eigenvalue weighted by Crippen LogP contribution is -2.58. The summed E-state index contributed by atoms with van der Waals surface area (Å²) in [4.78, 5) is 48.9. The Morgan fingerprint density at radius 2 is 1.64 bits per heavy atom. The van der Waals surface area contributed by atoms with Crippen molar-refractivity contribution in [3.63, 3.8) is 0 Å². The number of fused-ring (bicyclic) bond motifs is 2. The van der Waals surface area contributed by atoms with Gasteiger partial charge in [0.05, 0.1) is 36.7 Å². The van der Waals surface area contributed by atoms with Gasteiger partial charge in [0, 0.05) is 25.3 Å². The SMILES string of the molecule is CCOc1ccc(N2CC=C[C@]3(CC)O[C@]45C=CCN(Cc6ccccc6)C(=O)C4N([C@@H](CC)CO)C(=O)[C@@H]5[C@@H]3C2=O)cc1. The highest BCUT2D eigenvalue weighted by Crippen LogP contribution is 2.59. The van der Waals surface area contributed by atoms with Crippen LogP contribution >= 0.6 is 0 Å². The van der Waals surface area contributed by atoms with Crippen molar-refractivity contribution < 1.29 is 29.0 Å². The van der Waals surface area contributed by atoms with Crippen molar-refractivity contribution in [3.05, 3.63) is 84.5 Å². The number of anilines is 1. The summed E-state index contributed by atoms with van der Waals surface area (Å²) in [7, 11) is 0. The first-order valence-electron chi connectivity index (χ1n) is 15.7. The van der Waals surface area contributed by atoms with Crippen LogP contribution in [0.15, 0.2) is 78.9 Å². The van der Waals surface area contributed by atoms with E-state index in [9.17, 15) is 19.5 Å². The van der Waals surface area contributed by atoms with E-state index in [0.717, 1.165) is 5.56 Å². The topological polar surface area (TPSA) is 99.6 Å². The highest BCUT2D eigenvalue weighted by atomic mass is 16.5. The second-order valence-electron chi connectivity index (χ2n) is 12.0. The summed E-state index contributed by atoms with van der Waals surface area (Å²) >= 11 is 0. The highest BCUT2D eigenvalue weighted by Gasteiger charge is 2.75. The van der Waals surface area contributed by atoms with Gasteiger partial charge >= 0.3 is 0 Å². The van der Waals surface area contributed by atoms with Gasteiger partial charge in [-0.3, -0.25) is 14.4 Å². The minimum absolute atomic E-state index is 0.222. The van der Waals surface area contributed by atoms with Gasteiger partial charge in [0.25, 0.3) is 0 Å². The Bertz CT molecular complexity index is 1450. The van der Waals surface area contributed by atoms with Gasteiger partial charge in [-0.15, -0.1) is 0 Å². The van der Waals surface area contributed by atoms with E-state index in [1.165, 1.54) is 4.90 Å². The average molecular weight is 600 g/mol. The van der Waals surface area contributed by atoms with E-state index in [1.807, 2.05) is 99.7 Å². The number of hydrogen-bond donors (Lipinski definition) is 1. The Morgan fingerprint density at radius 1 is 0.909 bits per heavy atom. The average Bonchev–Trinajstić information content (AvgIpc) is 3.34.